The molecule has 0 saturated carbocycles. The van der Waals surface area contributed by atoms with Crippen LogP contribution in [0.25, 0.3) is 0 Å². The van der Waals surface area contributed by atoms with Crippen molar-refractivity contribution in [3.8, 4) is 0 Å². The van der Waals surface area contributed by atoms with E-state index in [1.165, 1.54) is 24.4 Å². The molecule has 1 amide bonds. The number of benzene rings is 1. The summed E-state index contributed by atoms with van der Waals surface area (Å²) in [6.45, 7) is 1.84. The summed E-state index contributed by atoms with van der Waals surface area (Å²) in [4.78, 5) is 15.9. The number of nitrogens with one attached hydrogen (secondary N) is 1. The van der Waals surface area contributed by atoms with E-state index in [1.807, 2.05) is 6.92 Å². The van der Waals surface area contributed by atoms with Gasteiger partial charge in [0.25, 0.3) is 5.91 Å². The molecule has 0 bridgehead atoms. The first kappa shape index (κ1) is 14.1. The summed E-state index contributed by atoms with van der Waals surface area (Å²) in [6, 6.07) is 5.76. The lowest BCUT2D eigenvalue weighted by Gasteiger charge is -2.08. The summed E-state index contributed by atoms with van der Waals surface area (Å²) >= 11 is 4.75. The van der Waals surface area contributed by atoms with Crippen molar-refractivity contribution in [3.05, 3.63) is 59.2 Å². The fraction of sp³-hybridized carbons (Fsp3) is 0.0714. The Bertz CT molecular complexity index is 688. The Morgan fingerprint density at radius 1 is 1.35 bits per heavy atom. The maximum absolute atomic E-state index is 13.4. The highest BCUT2D eigenvalue weighted by atomic mass is 32.1. The van der Waals surface area contributed by atoms with E-state index < -0.39 is 5.82 Å². The quantitative estimate of drug-likeness (QED) is 0.852. The molecule has 2 aromatic rings. The zero-order valence-electron chi connectivity index (χ0n) is 10.7. The summed E-state index contributed by atoms with van der Waals surface area (Å²) in [5.41, 5.74) is 7.23. The molecule has 1 heterocycles. The lowest BCUT2D eigenvalue weighted by atomic mass is 10.1. The molecule has 1 aromatic heterocycles. The van der Waals surface area contributed by atoms with Crippen LogP contribution in [0.15, 0.2) is 36.7 Å². The average Bonchev–Trinajstić information content (AvgIpc) is 2.40. The summed E-state index contributed by atoms with van der Waals surface area (Å²) in [7, 11) is 0. The van der Waals surface area contributed by atoms with Gasteiger partial charge < -0.3 is 11.1 Å². The molecule has 6 heteroatoms. The van der Waals surface area contributed by atoms with E-state index in [9.17, 15) is 9.18 Å². The molecule has 0 radical (unpaired) electrons. The number of aromatic nitrogens is 1. The monoisotopic (exact) mass is 289 g/mol. The normalized spacial score (nSPS) is 10.1. The van der Waals surface area contributed by atoms with Gasteiger partial charge in [-0.1, -0.05) is 12.2 Å². The molecule has 3 N–H and O–H groups in total. The number of aryl methyl sites for hydroxylation is 1. The molecule has 0 spiro atoms. The molecule has 1 aromatic carbocycles. The van der Waals surface area contributed by atoms with Crippen molar-refractivity contribution in [2.75, 3.05) is 5.32 Å². The van der Waals surface area contributed by atoms with E-state index in [1.54, 1.807) is 12.3 Å². The molecule has 2 rings (SSSR count). The van der Waals surface area contributed by atoms with Crippen molar-refractivity contribution < 1.29 is 9.18 Å². The molecule has 20 heavy (non-hydrogen) atoms. The molecule has 102 valence electrons. The molecule has 0 aliphatic carbocycles. The van der Waals surface area contributed by atoms with Gasteiger partial charge in [-0.15, -0.1) is 0 Å². The molecule has 0 unspecified atom stereocenters. The molecule has 0 fully saturated rings. The summed E-state index contributed by atoms with van der Waals surface area (Å²) in [5.74, 6) is -0.852. The van der Waals surface area contributed by atoms with Gasteiger partial charge in [0.15, 0.2) is 0 Å². The van der Waals surface area contributed by atoms with Crippen LogP contribution in [0.4, 0.5) is 10.1 Å². The minimum absolute atomic E-state index is 0.0594. The van der Waals surface area contributed by atoms with E-state index in [2.05, 4.69) is 10.3 Å². The molecule has 0 aliphatic rings. The first-order chi connectivity index (χ1) is 9.47. The number of nitrogens with two attached hydrogens (primary N) is 1. The zero-order chi connectivity index (χ0) is 14.7. The van der Waals surface area contributed by atoms with Crippen molar-refractivity contribution in [1.29, 1.82) is 0 Å². The van der Waals surface area contributed by atoms with E-state index >= 15 is 0 Å². The van der Waals surface area contributed by atoms with Gasteiger partial charge >= 0.3 is 0 Å². The van der Waals surface area contributed by atoms with Crippen LogP contribution in [0.5, 0.6) is 0 Å². The molecule has 4 nitrogen and oxygen atoms in total. The third kappa shape index (κ3) is 3.16. The van der Waals surface area contributed by atoms with Gasteiger partial charge in [0.05, 0.1) is 5.56 Å². The number of halogens is 1. The van der Waals surface area contributed by atoms with Crippen LogP contribution in [0.1, 0.15) is 21.5 Å². The van der Waals surface area contributed by atoms with Crippen LogP contribution in [0, 0.1) is 12.7 Å². The first-order valence-electron chi connectivity index (χ1n) is 5.80. The number of carbonyl (C=O) groups is 1. The standard InChI is InChI=1S/C14H12FN3OS/c1-8-4-9(7-17-6-8)14(19)18-10-2-3-12(15)11(5-10)13(16)20/h2-7H,1H3,(H2,16,20)(H,18,19). The fourth-order valence-corrected chi connectivity index (χ4v) is 1.83. The number of nitrogens with zero attached hydrogens (tertiary/aromatic N) is 1. The van der Waals surface area contributed by atoms with Crippen molar-refractivity contribution in [2.24, 2.45) is 5.73 Å². The van der Waals surface area contributed by atoms with Gasteiger partial charge in [-0.3, -0.25) is 9.78 Å². The van der Waals surface area contributed by atoms with Gasteiger partial charge in [0.2, 0.25) is 0 Å². The smallest absolute Gasteiger partial charge is 0.257 e. The maximum Gasteiger partial charge on any atom is 0.257 e. The highest BCUT2D eigenvalue weighted by Crippen LogP contribution is 2.16. The minimum Gasteiger partial charge on any atom is -0.389 e. The predicted molar refractivity (Wildman–Crippen MR) is 79.2 cm³/mol. The van der Waals surface area contributed by atoms with Crippen molar-refractivity contribution in [1.82, 2.24) is 4.98 Å². The van der Waals surface area contributed by atoms with Crippen LogP contribution in [0.2, 0.25) is 0 Å². The van der Waals surface area contributed by atoms with Crippen molar-refractivity contribution in [2.45, 2.75) is 6.92 Å². The van der Waals surface area contributed by atoms with E-state index in [4.69, 9.17) is 18.0 Å². The van der Waals surface area contributed by atoms with Crippen LogP contribution in [0.3, 0.4) is 0 Å². The number of hydrogen-bond acceptors (Lipinski definition) is 3. The molecule has 0 atom stereocenters. The van der Waals surface area contributed by atoms with Crippen LogP contribution >= 0.6 is 12.2 Å². The number of hydrogen-bond donors (Lipinski definition) is 2. The first-order valence-corrected chi connectivity index (χ1v) is 6.20. The largest absolute Gasteiger partial charge is 0.389 e. The number of anilines is 1. The van der Waals surface area contributed by atoms with Gasteiger partial charge in [-0.05, 0) is 36.8 Å². The SMILES string of the molecule is Cc1cncc(C(=O)Nc2ccc(F)c(C(N)=S)c2)c1. The van der Waals surface area contributed by atoms with Gasteiger partial charge in [0.1, 0.15) is 10.8 Å². The molecular formula is C14H12FN3OS. The van der Waals surface area contributed by atoms with E-state index in [0.717, 1.165) is 5.56 Å². The Morgan fingerprint density at radius 3 is 2.75 bits per heavy atom. The predicted octanol–water partition coefficient (Wildman–Crippen LogP) is 2.42. The average molecular weight is 289 g/mol. The second-order valence-corrected chi connectivity index (χ2v) is 4.70. The van der Waals surface area contributed by atoms with Gasteiger partial charge in [-0.25, -0.2) is 4.39 Å². The Hall–Kier alpha value is -2.34. The Balaban J connectivity index is 2.24. The summed E-state index contributed by atoms with van der Waals surface area (Å²) in [6.07, 6.45) is 3.11. The topological polar surface area (TPSA) is 68.0 Å². The third-order valence-electron chi connectivity index (χ3n) is 2.63. The second-order valence-electron chi connectivity index (χ2n) is 4.26. The van der Waals surface area contributed by atoms with E-state index in [-0.39, 0.29) is 16.5 Å². The van der Waals surface area contributed by atoms with Gasteiger partial charge in [0, 0.05) is 23.6 Å². The lowest BCUT2D eigenvalue weighted by Crippen LogP contribution is -2.15. The Kier molecular flexibility index (Phi) is 4.05. The summed E-state index contributed by atoms with van der Waals surface area (Å²) < 4.78 is 13.4. The van der Waals surface area contributed by atoms with Crippen molar-refractivity contribution in [3.63, 3.8) is 0 Å². The number of carbonyl (C=O) groups excluding carboxylic acids is 1. The van der Waals surface area contributed by atoms with Gasteiger partial charge in [-0.2, -0.15) is 0 Å². The van der Waals surface area contributed by atoms with Crippen molar-refractivity contribution >= 4 is 28.8 Å². The lowest BCUT2D eigenvalue weighted by molar-refractivity contribution is 0.102. The Morgan fingerprint density at radius 2 is 2.10 bits per heavy atom. The van der Waals surface area contributed by atoms with Crippen LogP contribution in [-0.2, 0) is 0 Å². The number of thiocarbonyl (C=S) groups is 1. The maximum atomic E-state index is 13.4. The molecular weight excluding hydrogens is 277 g/mol. The highest BCUT2D eigenvalue weighted by molar-refractivity contribution is 7.80. The fourth-order valence-electron chi connectivity index (χ4n) is 1.67. The highest BCUT2D eigenvalue weighted by Gasteiger charge is 2.10. The second kappa shape index (κ2) is 5.75. The molecule has 0 aliphatic heterocycles. The number of amides is 1. The minimum atomic E-state index is -0.521. The van der Waals surface area contributed by atoms with Crippen LogP contribution in [-0.4, -0.2) is 15.9 Å². The number of rotatable bonds is 3. The number of pyridine rings is 1. The third-order valence-corrected chi connectivity index (χ3v) is 2.85. The van der Waals surface area contributed by atoms with E-state index in [0.29, 0.717) is 11.3 Å². The zero-order valence-corrected chi connectivity index (χ0v) is 11.5. The molecule has 0 saturated heterocycles. The summed E-state index contributed by atoms with van der Waals surface area (Å²) in [5, 5.41) is 2.65. The Labute approximate surface area is 120 Å². The van der Waals surface area contributed by atoms with Crippen LogP contribution < -0.4 is 11.1 Å².